The van der Waals surface area contributed by atoms with E-state index < -0.39 is 29.9 Å². The SMILES string of the molecule is COc1cc(C(=O)NCC(O)(c2cc(C(C)C)c(C)c(C)n2)C(F)(F)F)ncc1OCCOCc1ccccc1. The molecule has 0 saturated heterocycles. The molecule has 0 bridgehead atoms. The number of halogens is 3. The summed E-state index contributed by atoms with van der Waals surface area (Å²) < 4.78 is 58.9. The van der Waals surface area contributed by atoms with Crippen molar-refractivity contribution in [2.45, 2.75) is 52.0 Å². The lowest BCUT2D eigenvalue weighted by atomic mass is 9.91. The molecule has 0 aliphatic carbocycles. The van der Waals surface area contributed by atoms with Gasteiger partial charge in [-0.25, -0.2) is 4.98 Å². The smallest absolute Gasteiger partial charge is 0.424 e. The number of pyridine rings is 2. The van der Waals surface area contributed by atoms with Gasteiger partial charge in [-0.3, -0.25) is 9.78 Å². The molecule has 3 rings (SSSR count). The first-order chi connectivity index (χ1) is 18.9. The van der Waals surface area contributed by atoms with Crippen molar-refractivity contribution in [2.24, 2.45) is 0 Å². The van der Waals surface area contributed by atoms with E-state index in [1.807, 2.05) is 44.2 Å². The van der Waals surface area contributed by atoms with Gasteiger partial charge in [0, 0.05) is 11.8 Å². The summed E-state index contributed by atoms with van der Waals surface area (Å²) in [4.78, 5) is 20.8. The zero-order valence-corrected chi connectivity index (χ0v) is 23.1. The highest BCUT2D eigenvalue weighted by Gasteiger charge is 2.56. The van der Waals surface area contributed by atoms with Crippen molar-refractivity contribution >= 4 is 5.91 Å². The molecule has 1 unspecified atom stereocenters. The molecule has 8 nitrogen and oxygen atoms in total. The van der Waals surface area contributed by atoms with Crippen LogP contribution in [-0.2, 0) is 16.9 Å². The average molecular weight is 562 g/mol. The van der Waals surface area contributed by atoms with E-state index in [-0.39, 0.29) is 36.3 Å². The largest absolute Gasteiger partial charge is 0.493 e. The normalized spacial score (nSPS) is 13.2. The molecule has 2 N–H and O–H groups in total. The second kappa shape index (κ2) is 13.1. The number of benzene rings is 1. The number of nitrogens with one attached hydrogen (secondary N) is 1. The second-order valence-corrected chi connectivity index (χ2v) is 9.61. The lowest BCUT2D eigenvalue weighted by molar-refractivity contribution is -0.265. The highest BCUT2D eigenvalue weighted by molar-refractivity contribution is 5.92. The molecule has 11 heteroatoms. The maximum atomic E-state index is 14.1. The first-order valence-corrected chi connectivity index (χ1v) is 12.7. The van der Waals surface area contributed by atoms with Crippen molar-refractivity contribution in [2.75, 3.05) is 26.9 Å². The predicted octanol–water partition coefficient (Wildman–Crippen LogP) is 5.00. The molecule has 0 aliphatic heterocycles. The molecule has 2 aromatic heterocycles. The van der Waals surface area contributed by atoms with Crippen LogP contribution in [0.5, 0.6) is 11.5 Å². The fourth-order valence-electron chi connectivity index (χ4n) is 4.00. The molecule has 0 radical (unpaired) electrons. The average Bonchev–Trinajstić information content (AvgIpc) is 2.92. The molecule has 3 aromatic rings. The number of hydrogen-bond acceptors (Lipinski definition) is 7. The highest BCUT2D eigenvalue weighted by Crippen LogP contribution is 2.39. The Kier molecular flexibility index (Phi) is 10.1. The van der Waals surface area contributed by atoms with Gasteiger partial charge in [0.15, 0.2) is 11.5 Å². The van der Waals surface area contributed by atoms with Gasteiger partial charge >= 0.3 is 6.18 Å². The Balaban J connectivity index is 1.68. The van der Waals surface area contributed by atoms with Crippen molar-refractivity contribution in [3.8, 4) is 11.5 Å². The fraction of sp³-hybridized carbons (Fsp3) is 0.414. The summed E-state index contributed by atoms with van der Waals surface area (Å²) in [6.45, 7) is 6.73. The lowest BCUT2D eigenvalue weighted by Gasteiger charge is -2.31. The number of aromatic nitrogens is 2. The Hall–Kier alpha value is -3.70. The Morgan fingerprint density at radius 1 is 1.07 bits per heavy atom. The molecule has 216 valence electrons. The number of aliphatic hydroxyl groups is 1. The van der Waals surface area contributed by atoms with Crippen LogP contribution in [0.4, 0.5) is 13.2 Å². The van der Waals surface area contributed by atoms with Gasteiger partial charge in [0.25, 0.3) is 5.91 Å². The monoisotopic (exact) mass is 561 g/mol. The van der Waals surface area contributed by atoms with Crippen molar-refractivity contribution in [1.82, 2.24) is 15.3 Å². The first kappa shape index (κ1) is 30.8. The zero-order valence-electron chi connectivity index (χ0n) is 23.1. The van der Waals surface area contributed by atoms with Crippen molar-refractivity contribution in [3.05, 3.63) is 82.4 Å². The van der Waals surface area contributed by atoms with Crippen molar-refractivity contribution in [3.63, 3.8) is 0 Å². The maximum absolute atomic E-state index is 14.1. The third-order valence-electron chi connectivity index (χ3n) is 6.46. The maximum Gasteiger partial charge on any atom is 0.424 e. The van der Waals surface area contributed by atoms with Gasteiger partial charge in [-0.1, -0.05) is 44.2 Å². The molecule has 40 heavy (non-hydrogen) atoms. The molecule has 0 aliphatic rings. The van der Waals surface area contributed by atoms with Crippen LogP contribution in [0.3, 0.4) is 0 Å². The van der Waals surface area contributed by atoms with E-state index in [9.17, 15) is 23.1 Å². The molecule has 0 saturated carbocycles. The van der Waals surface area contributed by atoms with Crippen LogP contribution in [0, 0.1) is 13.8 Å². The number of amides is 1. The number of carbonyl (C=O) groups is 1. The molecule has 2 heterocycles. The molecule has 1 amide bonds. The van der Waals surface area contributed by atoms with Gasteiger partial charge in [0.1, 0.15) is 12.3 Å². The minimum absolute atomic E-state index is 0.0969. The Morgan fingerprint density at radius 3 is 2.40 bits per heavy atom. The molecule has 0 fully saturated rings. The van der Waals surface area contributed by atoms with E-state index in [0.717, 1.165) is 11.1 Å². The first-order valence-electron chi connectivity index (χ1n) is 12.7. The molecular formula is C29H34F3N3O5. The Bertz CT molecular complexity index is 1300. The van der Waals surface area contributed by atoms with Gasteiger partial charge in [-0.15, -0.1) is 0 Å². The van der Waals surface area contributed by atoms with Crippen LogP contribution in [-0.4, -0.2) is 54.0 Å². The number of rotatable bonds is 12. The van der Waals surface area contributed by atoms with Crippen LogP contribution in [0.25, 0.3) is 0 Å². The summed E-state index contributed by atoms with van der Waals surface area (Å²) in [5, 5.41) is 13.0. The number of hydrogen-bond donors (Lipinski definition) is 2. The van der Waals surface area contributed by atoms with E-state index in [4.69, 9.17) is 14.2 Å². The minimum Gasteiger partial charge on any atom is -0.493 e. The quantitative estimate of drug-likeness (QED) is 0.300. The summed E-state index contributed by atoms with van der Waals surface area (Å²) >= 11 is 0. The standard InChI is InChI=1S/C29H34F3N3O5/c1-18(2)22-13-26(35-20(4)19(22)3)28(37,29(30,31)32)17-34-27(36)23-14-24(38-5)25(15-33-23)40-12-11-39-16-21-9-7-6-8-10-21/h6-10,13-15,18,37H,11-12,16-17H2,1-5H3,(H,34,36). The summed E-state index contributed by atoms with van der Waals surface area (Å²) in [6, 6.07) is 12.1. The third kappa shape index (κ3) is 7.28. The zero-order chi connectivity index (χ0) is 29.5. The van der Waals surface area contributed by atoms with E-state index in [1.54, 1.807) is 13.8 Å². The number of methoxy groups -OCH3 is 1. The Labute approximate surface area is 231 Å². The van der Waals surface area contributed by atoms with E-state index >= 15 is 0 Å². The number of carbonyl (C=O) groups excluding carboxylic acids is 1. The van der Waals surface area contributed by atoms with Gasteiger partial charge in [0.05, 0.1) is 38.8 Å². The number of alkyl halides is 3. The summed E-state index contributed by atoms with van der Waals surface area (Å²) in [5.74, 6) is -0.645. The topological polar surface area (TPSA) is 103 Å². The van der Waals surface area contributed by atoms with Gasteiger partial charge in [-0.2, -0.15) is 13.2 Å². The molecule has 1 aromatic carbocycles. The van der Waals surface area contributed by atoms with Crippen LogP contribution in [0.15, 0.2) is 48.7 Å². The fourth-order valence-corrected chi connectivity index (χ4v) is 4.00. The van der Waals surface area contributed by atoms with Crippen LogP contribution < -0.4 is 14.8 Å². The third-order valence-corrected chi connectivity index (χ3v) is 6.46. The second-order valence-electron chi connectivity index (χ2n) is 9.61. The number of nitrogens with zero attached hydrogens (tertiary/aromatic N) is 2. The van der Waals surface area contributed by atoms with Gasteiger partial charge < -0.3 is 24.6 Å². The van der Waals surface area contributed by atoms with E-state index in [1.165, 1.54) is 25.4 Å². The summed E-state index contributed by atoms with van der Waals surface area (Å²) in [7, 11) is 1.36. The Morgan fingerprint density at radius 2 is 1.77 bits per heavy atom. The van der Waals surface area contributed by atoms with E-state index in [0.29, 0.717) is 17.9 Å². The predicted molar refractivity (Wildman–Crippen MR) is 142 cm³/mol. The molecular weight excluding hydrogens is 527 g/mol. The van der Waals surface area contributed by atoms with Gasteiger partial charge in [-0.05, 0) is 42.5 Å². The van der Waals surface area contributed by atoms with Gasteiger partial charge in [0.2, 0.25) is 5.60 Å². The molecule has 1 atom stereocenters. The molecule has 0 spiro atoms. The summed E-state index contributed by atoms with van der Waals surface area (Å²) in [5.41, 5.74) is -1.47. The van der Waals surface area contributed by atoms with Crippen LogP contribution in [0.2, 0.25) is 0 Å². The summed E-state index contributed by atoms with van der Waals surface area (Å²) in [6.07, 6.45) is -3.88. The van der Waals surface area contributed by atoms with Crippen LogP contribution in [0.1, 0.15) is 58.3 Å². The lowest BCUT2D eigenvalue weighted by Crippen LogP contribution is -2.51. The minimum atomic E-state index is -5.12. The van der Waals surface area contributed by atoms with Crippen LogP contribution >= 0.6 is 0 Å². The number of aryl methyl sites for hydroxylation is 1. The van der Waals surface area contributed by atoms with Crippen molar-refractivity contribution < 1.29 is 37.3 Å². The highest BCUT2D eigenvalue weighted by atomic mass is 19.4. The van der Waals surface area contributed by atoms with Crippen molar-refractivity contribution in [1.29, 1.82) is 0 Å². The van der Waals surface area contributed by atoms with E-state index in [2.05, 4.69) is 15.3 Å². The number of ether oxygens (including phenoxy) is 3.